The molecule has 0 atom stereocenters. The van der Waals surface area contributed by atoms with Crippen LogP contribution in [-0.2, 0) is 13.5 Å². The Morgan fingerprint density at radius 3 is 2.85 bits per heavy atom. The monoisotopic (exact) mass is 289 g/mol. The molecule has 1 aromatic carbocycles. The van der Waals surface area contributed by atoms with Crippen LogP contribution in [0, 0.1) is 11.3 Å². The third-order valence-electron chi connectivity index (χ3n) is 2.84. The summed E-state index contributed by atoms with van der Waals surface area (Å²) >= 11 is 5.99. The molecule has 102 valence electrons. The first-order valence-electron chi connectivity index (χ1n) is 5.85. The lowest BCUT2D eigenvalue weighted by molar-refractivity contribution is 0.416. The lowest BCUT2D eigenvalue weighted by Crippen LogP contribution is -2.23. The van der Waals surface area contributed by atoms with Gasteiger partial charge in [-0.1, -0.05) is 11.6 Å². The van der Waals surface area contributed by atoms with Gasteiger partial charge in [-0.3, -0.25) is 4.79 Å². The van der Waals surface area contributed by atoms with E-state index in [-0.39, 0.29) is 12.0 Å². The molecule has 0 radical (unpaired) electrons. The number of ether oxygens (including phenoxy) is 1. The van der Waals surface area contributed by atoms with Gasteiger partial charge in [-0.2, -0.15) is 10.4 Å². The van der Waals surface area contributed by atoms with Crippen molar-refractivity contribution in [1.29, 1.82) is 5.26 Å². The molecule has 1 heterocycles. The summed E-state index contributed by atoms with van der Waals surface area (Å²) in [5.41, 5.74) is 1.32. The zero-order valence-corrected chi connectivity index (χ0v) is 11.8. The molecule has 0 aliphatic rings. The summed E-state index contributed by atoms with van der Waals surface area (Å²) in [6, 6.07) is 8.72. The number of nitriles is 1. The first-order chi connectivity index (χ1) is 9.56. The number of halogens is 1. The minimum absolute atomic E-state index is 0.0328. The van der Waals surface area contributed by atoms with Gasteiger partial charge in [0.1, 0.15) is 5.75 Å². The number of hydrogen-bond acceptors (Lipinski definition) is 4. The first kappa shape index (κ1) is 14.1. The van der Waals surface area contributed by atoms with Crippen LogP contribution in [0.25, 0.3) is 11.3 Å². The second kappa shape index (κ2) is 5.76. The van der Waals surface area contributed by atoms with Gasteiger partial charge in [0, 0.05) is 23.2 Å². The summed E-state index contributed by atoms with van der Waals surface area (Å²) in [7, 11) is 3.09. The van der Waals surface area contributed by atoms with Crippen LogP contribution < -0.4 is 10.3 Å². The zero-order valence-electron chi connectivity index (χ0n) is 11.1. The Bertz CT molecular complexity index is 747. The topological polar surface area (TPSA) is 67.9 Å². The standard InChI is InChI=1S/C14H12ClN3O2/c1-18-14(19)9(5-6-16)7-12(17-18)11-8-10(15)3-4-13(11)20-2/h3-4,7-8H,5H2,1-2H3. The van der Waals surface area contributed by atoms with Crippen molar-refractivity contribution in [2.75, 3.05) is 7.11 Å². The highest BCUT2D eigenvalue weighted by Gasteiger charge is 2.12. The number of aryl methyl sites for hydroxylation is 1. The Hall–Kier alpha value is -2.32. The van der Waals surface area contributed by atoms with Crippen molar-refractivity contribution >= 4 is 11.6 Å². The number of nitrogens with zero attached hydrogens (tertiary/aromatic N) is 3. The lowest BCUT2D eigenvalue weighted by Gasteiger charge is -2.10. The molecular formula is C14H12ClN3O2. The van der Waals surface area contributed by atoms with E-state index in [4.69, 9.17) is 21.6 Å². The molecule has 0 fully saturated rings. The molecule has 2 rings (SSSR count). The molecule has 0 saturated carbocycles. The summed E-state index contributed by atoms with van der Waals surface area (Å²) in [6.07, 6.45) is 0.0328. The largest absolute Gasteiger partial charge is 0.496 e. The van der Waals surface area contributed by atoms with Crippen LogP contribution in [0.5, 0.6) is 5.75 Å². The maximum atomic E-state index is 11.9. The van der Waals surface area contributed by atoms with Crippen molar-refractivity contribution in [2.45, 2.75) is 6.42 Å². The maximum Gasteiger partial charge on any atom is 0.270 e. The van der Waals surface area contributed by atoms with Gasteiger partial charge in [0.05, 0.1) is 25.3 Å². The fourth-order valence-corrected chi connectivity index (χ4v) is 2.07. The van der Waals surface area contributed by atoms with E-state index in [1.165, 1.54) is 4.68 Å². The van der Waals surface area contributed by atoms with E-state index in [0.717, 1.165) is 0 Å². The van der Waals surface area contributed by atoms with Crippen molar-refractivity contribution in [1.82, 2.24) is 9.78 Å². The minimum Gasteiger partial charge on any atom is -0.496 e. The maximum absolute atomic E-state index is 11.9. The smallest absolute Gasteiger partial charge is 0.270 e. The lowest BCUT2D eigenvalue weighted by atomic mass is 10.1. The summed E-state index contributed by atoms with van der Waals surface area (Å²) in [4.78, 5) is 11.9. The molecule has 0 spiro atoms. The summed E-state index contributed by atoms with van der Waals surface area (Å²) < 4.78 is 6.48. The molecule has 5 nitrogen and oxygen atoms in total. The Kier molecular flexibility index (Phi) is 4.06. The third-order valence-corrected chi connectivity index (χ3v) is 3.08. The molecule has 0 bridgehead atoms. The summed E-state index contributed by atoms with van der Waals surface area (Å²) in [6.45, 7) is 0. The van der Waals surface area contributed by atoms with Crippen LogP contribution in [-0.4, -0.2) is 16.9 Å². The van der Waals surface area contributed by atoms with Gasteiger partial charge in [-0.25, -0.2) is 4.68 Å². The number of methoxy groups -OCH3 is 1. The van der Waals surface area contributed by atoms with Crippen molar-refractivity contribution in [2.24, 2.45) is 7.05 Å². The first-order valence-corrected chi connectivity index (χ1v) is 6.22. The van der Waals surface area contributed by atoms with Gasteiger partial charge < -0.3 is 4.74 Å². The van der Waals surface area contributed by atoms with E-state index in [9.17, 15) is 4.79 Å². The summed E-state index contributed by atoms with van der Waals surface area (Å²) in [5.74, 6) is 0.600. The van der Waals surface area contributed by atoms with E-state index in [0.29, 0.717) is 27.6 Å². The van der Waals surface area contributed by atoms with Crippen molar-refractivity contribution in [3.63, 3.8) is 0 Å². The quantitative estimate of drug-likeness (QED) is 0.868. The van der Waals surface area contributed by atoms with Gasteiger partial charge >= 0.3 is 0 Å². The molecule has 1 aromatic heterocycles. The van der Waals surface area contributed by atoms with Crippen LogP contribution in [0.2, 0.25) is 5.02 Å². The Morgan fingerprint density at radius 2 is 2.20 bits per heavy atom. The number of rotatable bonds is 3. The fraction of sp³-hybridized carbons (Fsp3) is 0.214. The molecular weight excluding hydrogens is 278 g/mol. The van der Waals surface area contributed by atoms with Crippen LogP contribution in [0.3, 0.4) is 0 Å². The normalized spacial score (nSPS) is 10.1. The molecule has 0 N–H and O–H groups in total. The second-order valence-electron chi connectivity index (χ2n) is 4.16. The highest BCUT2D eigenvalue weighted by Crippen LogP contribution is 2.31. The van der Waals surface area contributed by atoms with Crippen LogP contribution in [0.1, 0.15) is 5.56 Å². The van der Waals surface area contributed by atoms with E-state index in [1.807, 2.05) is 6.07 Å². The van der Waals surface area contributed by atoms with Crippen LogP contribution in [0.15, 0.2) is 29.1 Å². The van der Waals surface area contributed by atoms with Crippen molar-refractivity contribution < 1.29 is 4.74 Å². The van der Waals surface area contributed by atoms with Crippen LogP contribution >= 0.6 is 11.6 Å². The molecule has 6 heteroatoms. The molecule has 0 aliphatic heterocycles. The molecule has 0 aliphatic carbocycles. The average Bonchev–Trinajstić information content (AvgIpc) is 2.43. The second-order valence-corrected chi connectivity index (χ2v) is 4.60. The van der Waals surface area contributed by atoms with Crippen molar-refractivity contribution in [3.8, 4) is 23.1 Å². The molecule has 0 saturated heterocycles. The molecule has 0 unspecified atom stereocenters. The van der Waals surface area contributed by atoms with Crippen molar-refractivity contribution in [3.05, 3.63) is 45.2 Å². The fourth-order valence-electron chi connectivity index (χ4n) is 1.89. The van der Waals surface area contributed by atoms with Gasteiger partial charge in [0.25, 0.3) is 5.56 Å². The van der Waals surface area contributed by atoms with E-state index in [1.54, 1.807) is 38.4 Å². The van der Waals surface area contributed by atoms with Crippen LogP contribution in [0.4, 0.5) is 0 Å². The Balaban J connectivity index is 2.67. The predicted molar refractivity (Wildman–Crippen MR) is 75.8 cm³/mol. The third kappa shape index (κ3) is 2.65. The highest BCUT2D eigenvalue weighted by molar-refractivity contribution is 6.30. The van der Waals surface area contributed by atoms with E-state index in [2.05, 4.69) is 5.10 Å². The summed E-state index contributed by atoms with van der Waals surface area (Å²) in [5, 5.41) is 13.5. The highest BCUT2D eigenvalue weighted by atomic mass is 35.5. The number of benzene rings is 1. The number of hydrogen-bond donors (Lipinski definition) is 0. The Labute approximate surface area is 121 Å². The van der Waals surface area contributed by atoms with E-state index < -0.39 is 0 Å². The van der Waals surface area contributed by atoms with Gasteiger partial charge in [-0.15, -0.1) is 0 Å². The number of aromatic nitrogens is 2. The SMILES string of the molecule is COc1ccc(Cl)cc1-c1cc(CC#N)c(=O)n(C)n1. The van der Waals surface area contributed by atoms with Gasteiger partial charge in [0.15, 0.2) is 0 Å². The molecule has 2 aromatic rings. The molecule has 20 heavy (non-hydrogen) atoms. The minimum atomic E-state index is -0.281. The predicted octanol–water partition coefficient (Wildman–Crippen LogP) is 2.18. The Morgan fingerprint density at radius 1 is 1.45 bits per heavy atom. The van der Waals surface area contributed by atoms with Gasteiger partial charge in [-0.05, 0) is 24.3 Å². The van der Waals surface area contributed by atoms with E-state index >= 15 is 0 Å². The average molecular weight is 290 g/mol. The zero-order chi connectivity index (χ0) is 14.7. The van der Waals surface area contributed by atoms with Gasteiger partial charge in [0.2, 0.25) is 0 Å². The molecule has 0 amide bonds.